The molecule has 0 radical (unpaired) electrons. The van der Waals surface area contributed by atoms with E-state index in [1.54, 1.807) is 7.11 Å². The predicted octanol–water partition coefficient (Wildman–Crippen LogP) is 1.20. The Morgan fingerprint density at radius 2 is 2.22 bits per heavy atom. The molecule has 9 heavy (non-hydrogen) atoms. The molecule has 54 valence electrons. The standard InChI is InChI=1S/C7H14O2/c1-7(2)4-6(8-3)5-9-7/h6H,4-5H2,1-3H3. The largest absolute Gasteiger partial charge is 0.379 e. The fourth-order valence-corrected chi connectivity index (χ4v) is 1.14. The first-order chi connectivity index (χ1) is 4.14. The van der Waals surface area contributed by atoms with E-state index in [1.165, 1.54) is 0 Å². The van der Waals surface area contributed by atoms with Crippen molar-refractivity contribution in [1.29, 1.82) is 0 Å². The number of hydrogen-bond donors (Lipinski definition) is 0. The first-order valence-corrected chi connectivity index (χ1v) is 3.31. The summed E-state index contributed by atoms with van der Waals surface area (Å²) >= 11 is 0. The second-order valence-electron chi connectivity index (χ2n) is 3.13. The van der Waals surface area contributed by atoms with Gasteiger partial charge in [0.05, 0.1) is 18.3 Å². The molecular weight excluding hydrogens is 116 g/mol. The summed E-state index contributed by atoms with van der Waals surface area (Å²) < 4.78 is 10.5. The first-order valence-electron chi connectivity index (χ1n) is 3.31. The van der Waals surface area contributed by atoms with E-state index in [9.17, 15) is 0 Å². The zero-order chi connectivity index (χ0) is 6.91. The van der Waals surface area contributed by atoms with E-state index in [0.29, 0.717) is 6.10 Å². The van der Waals surface area contributed by atoms with Gasteiger partial charge in [-0.25, -0.2) is 0 Å². The van der Waals surface area contributed by atoms with Crippen LogP contribution in [0.15, 0.2) is 0 Å². The minimum Gasteiger partial charge on any atom is -0.379 e. The normalized spacial score (nSPS) is 33.0. The molecule has 1 saturated heterocycles. The van der Waals surface area contributed by atoms with E-state index in [-0.39, 0.29) is 5.60 Å². The van der Waals surface area contributed by atoms with Crippen LogP contribution in [0.1, 0.15) is 20.3 Å². The van der Waals surface area contributed by atoms with Crippen LogP contribution in [0.25, 0.3) is 0 Å². The highest BCUT2D eigenvalue weighted by Gasteiger charge is 2.31. The van der Waals surface area contributed by atoms with Crippen LogP contribution < -0.4 is 0 Å². The molecule has 1 aliphatic rings. The maximum Gasteiger partial charge on any atom is 0.0832 e. The van der Waals surface area contributed by atoms with Crippen molar-refractivity contribution in [2.24, 2.45) is 0 Å². The predicted molar refractivity (Wildman–Crippen MR) is 35.4 cm³/mol. The minimum atomic E-state index is 0.0423. The average molecular weight is 130 g/mol. The highest BCUT2D eigenvalue weighted by Crippen LogP contribution is 2.25. The van der Waals surface area contributed by atoms with E-state index < -0.39 is 0 Å². The van der Waals surface area contributed by atoms with E-state index in [4.69, 9.17) is 9.47 Å². The Hall–Kier alpha value is -0.0800. The summed E-state index contributed by atoms with van der Waals surface area (Å²) in [4.78, 5) is 0. The van der Waals surface area contributed by atoms with Crippen molar-refractivity contribution in [2.45, 2.75) is 32.0 Å². The van der Waals surface area contributed by atoms with Gasteiger partial charge in [0.2, 0.25) is 0 Å². The molecule has 1 aliphatic heterocycles. The summed E-state index contributed by atoms with van der Waals surface area (Å²) in [5.74, 6) is 0. The molecule has 1 rings (SSSR count). The molecule has 0 aromatic rings. The fraction of sp³-hybridized carbons (Fsp3) is 1.00. The van der Waals surface area contributed by atoms with Crippen molar-refractivity contribution in [3.63, 3.8) is 0 Å². The molecule has 0 aliphatic carbocycles. The van der Waals surface area contributed by atoms with Gasteiger partial charge in [-0.15, -0.1) is 0 Å². The molecule has 1 unspecified atom stereocenters. The van der Waals surface area contributed by atoms with Crippen molar-refractivity contribution in [3.05, 3.63) is 0 Å². The Labute approximate surface area is 56.2 Å². The van der Waals surface area contributed by atoms with Crippen LogP contribution in [0, 0.1) is 0 Å². The van der Waals surface area contributed by atoms with Crippen molar-refractivity contribution in [3.8, 4) is 0 Å². The van der Waals surface area contributed by atoms with Crippen LogP contribution >= 0.6 is 0 Å². The molecule has 2 heteroatoms. The van der Waals surface area contributed by atoms with Gasteiger partial charge in [-0.1, -0.05) is 0 Å². The first kappa shape index (κ1) is 7.03. The van der Waals surface area contributed by atoms with Gasteiger partial charge in [-0.3, -0.25) is 0 Å². The van der Waals surface area contributed by atoms with Crippen LogP contribution in [0.3, 0.4) is 0 Å². The number of hydrogen-bond acceptors (Lipinski definition) is 2. The van der Waals surface area contributed by atoms with Crippen LogP contribution in [0.2, 0.25) is 0 Å². The number of ether oxygens (including phenoxy) is 2. The second kappa shape index (κ2) is 2.27. The Bertz CT molecular complexity index is 99.1. The Morgan fingerprint density at radius 3 is 2.44 bits per heavy atom. The van der Waals surface area contributed by atoms with Gasteiger partial charge in [0.25, 0.3) is 0 Å². The topological polar surface area (TPSA) is 18.5 Å². The molecule has 0 N–H and O–H groups in total. The van der Waals surface area contributed by atoms with Crippen molar-refractivity contribution in [1.82, 2.24) is 0 Å². The van der Waals surface area contributed by atoms with Crippen LogP contribution in [-0.2, 0) is 9.47 Å². The SMILES string of the molecule is COC1COC(C)(C)C1. The van der Waals surface area contributed by atoms with Gasteiger partial charge in [-0.2, -0.15) is 0 Å². The summed E-state index contributed by atoms with van der Waals surface area (Å²) in [5.41, 5.74) is 0.0423. The zero-order valence-electron chi connectivity index (χ0n) is 6.31. The van der Waals surface area contributed by atoms with Crippen molar-refractivity contribution < 1.29 is 9.47 Å². The Balaban J connectivity index is 2.38. The molecule has 0 bridgehead atoms. The Morgan fingerprint density at radius 1 is 1.56 bits per heavy atom. The summed E-state index contributed by atoms with van der Waals surface area (Å²) in [6.07, 6.45) is 1.34. The Kier molecular flexibility index (Phi) is 1.78. The van der Waals surface area contributed by atoms with E-state index in [0.717, 1.165) is 13.0 Å². The summed E-state index contributed by atoms with van der Waals surface area (Å²) in [6.45, 7) is 4.93. The summed E-state index contributed by atoms with van der Waals surface area (Å²) in [5, 5.41) is 0. The monoisotopic (exact) mass is 130 g/mol. The van der Waals surface area contributed by atoms with Gasteiger partial charge >= 0.3 is 0 Å². The van der Waals surface area contributed by atoms with E-state index in [1.807, 2.05) is 0 Å². The highest BCUT2D eigenvalue weighted by atomic mass is 16.6. The van der Waals surface area contributed by atoms with Crippen LogP contribution in [0.5, 0.6) is 0 Å². The molecule has 1 heterocycles. The summed E-state index contributed by atoms with van der Waals surface area (Å²) in [6, 6.07) is 0. The van der Waals surface area contributed by atoms with Gasteiger partial charge < -0.3 is 9.47 Å². The zero-order valence-corrected chi connectivity index (χ0v) is 6.31. The molecule has 0 amide bonds. The number of rotatable bonds is 1. The second-order valence-corrected chi connectivity index (χ2v) is 3.13. The summed E-state index contributed by atoms with van der Waals surface area (Å²) in [7, 11) is 1.73. The molecule has 1 fully saturated rings. The lowest BCUT2D eigenvalue weighted by Crippen LogP contribution is -2.17. The van der Waals surface area contributed by atoms with Gasteiger partial charge in [-0.05, 0) is 13.8 Å². The maximum absolute atomic E-state index is 5.42. The lowest BCUT2D eigenvalue weighted by molar-refractivity contribution is 0.0261. The average Bonchev–Trinajstić information content (AvgIpc) is 2.10. The molecule has 2 nitrogen and oxygen atoms in total. The van der Waals surface area contributed by atoms with E-state index in [2.05, 4.69) is 13.8 Å². The third-order valence-corrected chi connectivity index (χ3v) is 1.71. The lowest BCUT2D eigenvalue weighted by atomic mass is 10.1. The smallest absolute Gasteiger partial charge is 0.0832 e. The minimum absolute atomic E-state index is 0.0423. The van der Waals surface area contributed by atoms with Crippen LogP contribution in [0.4, 0.5) is 0 Å². The molecule has 0 aromatic heterocycles. The third-order valence-electron chi connectivity index (χ3n) is 1.71. The van der Waals surface area contributed by atoms with E-state index >= 15 is 0 Å². The molecule has 0 spiro atoms. The van der Waals surface area contributed by atoms with Crippen molar-refractivity contribution >= 4 is 0 Å². The van der Waals surface area contributed by atoms with Gasteiger partial charge in [0, 0.05) is 13.5 Å². The quantitative estimate of drug-likeness (QED) is 0.531. The number of methoxy groups -OCH3 is 1. The third kappa shape index (κ3) is 1.66. The van der Waals surface area contributed by atoms with Crippen LogP contribution in [-0.4, -0.2) is 25.4 Å². The molecule has 0 aromatic carbocycles. The fourth-order valence-electron chi connectivity index (χ4n) is 1.14. The van der Waals surface area contributed by atoms with Crippen molar-refractivity contribution in [2.75, 3.05) is 13.7 Å². The molecule has 1 atom stereocenters. The maximum atomic E-state index is 5.42. The lowest BCUT2D eigenvalue weighted by Gasteiger charge is -2.14. The van der Waals surface area contributed by atoms with Gasteiger partial charge in [0.1, 0.15) is 0 Å². The molecule has 0 saturated carbocycles. The molecular formula is C7H14O2. The van der Waals surface area contributed by atoms with Gasteiger partial charge in [0.15, 0.2) is 0 Å². The highest BCUT2D eigenvalue weighted by molar-refractivity contribution is 4.80.